The Labute approximate surface area is 181 Å². The molecule has 0 aliphatic carbocycles. The summed E-state index contributed by atoms with van der Waals surface area (Å²) < 4.78 is 10.7. The Morgan fingerprint density at radius 2 is 1.90 bits per heavy atom. The van der Waals surface area contributed by atoms with Gasteiger partial charge in [0.2, 0.25) is 0 Å². The van der Waals surface area contributed by atoms with E-state index in [0.29, 0.717) is 30.0 Å². The molecule has 1 N–H and O–H groups in total. The van der Waals surface area contributed by atoms with Crippen LogP contribution in [0.3, 0.4) is 0 Å². The number of carbonyl (C=O) groups excluding carboxylic acids is 2. The lowest BCUT2D eigenvalue weighted by molar-refractivity contribution is 0.0987. The minimum Gasteiger partial charge on any atom is -0.494 e. The number of rotatable bonds is 8. The van der Waals surface area contributed by atoms with Crippen LogP contribution in [-0.4, -0.2) is 25.0 Å². The fourth-order valence-electron chi connectivity index (χ4n) is 3.68. The molecule has 4 rings (SSSR count). The second-order valence-electron chi connectivity index (χ2n) is 7.60. The molecule has 0 radical (unpaired) electrons. The number of anilines is 2. The fourth-order valence-corrected chi connectivity index (χ4v) is 3.68. The van der Waals surface area contributed by atoms with E-state index in [1.807, 2.05) is 30.3 Å². The molecule has 0 unspecified atom stereocenters. The molecule has 0 spiro atoms. The summed E-state index contributed by atoms with van der Waals surface area (Å²) in [6.07, 6.45) is 7.03. The largest absolute Gasteiger partial charge is 0.494 e. The molecule has 0 saturated heterocycles. The number of fused-ring (bicyclic) bond motifs is 1. The molecule has 6 heteroatoms. The van der Waals surface area contributed by atoms with Crippen LogP contribution in [0, 0.1) is 0 Å². The van der Waals surface area contributed by atoms with Crippen molar-refractivity contribution in [2.75, 3.05) is 23.4 Å². The van der Waals surface area contributed by atoms with E-state index >= 15 is 0 Å². The number of nitrogens with zero attached hydrogens (tertiary/aromatic N) is 1. The third kappa shape index (κ3) is 4.79. The normalized spacial score (nSPS) is 12.5. The number of ether oxygens (including phenoxy) is 1. The molecule has 160 valence electrons. The van der Waals surface area contributed by atoms with Gasteiger partial charge in [-0.2, -0.15) is 0 Å². The third-order valence-electron chi connectivity index (χ3n) is 5.38. The van der Waals surface area contributed by atoms with E-state index in [2.05, 4.69) is 12.2 Å². The van der Waals surface area contributed by atoms with Gasteiger partial charge in [-0.3, -0.25) is 9.59 Å². The lowest BCUT2D eigenvalue weighted by Gasteiger charge is -2.16. The number of hydrogen-bond donors (Lipinski definition) is 1. The van der Waals surface area contributed by atoms with Gasteiger partial charge in [-0.1, -0.05) is 19.8 Å². The second kappa shape index (κ2) is 9.51. The predicted octanol–water partition coefficient (Wildman–Crippen LogP) is 5.30. The molecule has 1 aromatic heterocycles. The van der Waals surface area contributed by atoms with E-state index < -0.39 is 0 Å². The van der Waals surface area contributed by atoms with E-state index in [9.17, 15) is 9.59 Å². The average molecular weight is 418 g/mol. The topological polar surface area (TPSA) is 71.8 Å². The summed E-state index contributed by atoms with van der Waals surface area (Å²) in [7, 11) is 0. The molecule has 31 heavy (non-hydrogen) atoms. The van der Waals surface area contributed by atoms with Gasteiger partial charge >= 0.3 is 0 Å². The highest BCUT2D eigenvalue weighted by Crippen LogP contribution is 2.32. The average Bonchev–Trinajstić information content (AvgIpc) is 3.47. The maximum atomic E-state index is 12.6. The number of benzene rings is 2. The van der Waals surface area contributed by atoms with Crippen LogP contribution < -0.4 is 15.0 Å². The highest BCUT2D eigenvalue weighted by atomic mass is 16.5. The van der Waals surface area contributed by atoms with Crippen molar-refractivity contribution >= 4 is 23.2 Å². The Balaban J connectivity index is 1.38. The van der Waals surface area contributed by atoms with E-state index in [4.69, 9.17) is 9.15 Å². The van der Waals surface area contributed by atoms with Crippen LogP contribution >= 0.6 is 0 Å². The first-order valence-electron chi connectivity index (χ1n) is 10.7. The highest BCUT2D eigenvalue weighted by molar-refractivity contribution is 6.08. The van der Waals surface area contributed by atoms with Crippen molar-refractivity contribution < 1.29 is 18.7 Å². The van der Waals surface area contributed by atoms with Gasteiger partial charge in [-0.25, -0.2) is 0 Å². The molecule has 0 bridgehead atoms. The molecule has 2 heterocycles. The van der Waals surface area contributed by atoms with Gasteiger partial charge in [0.1, 0.15) is 12.0 Å². The molecular weight excluding hydrogens is 392 g/mol. The summed E-state index contributed by atoms with van der Waals surface area (Å²) in [6, 6.07) is 14.5. The van der Waals surface area contributed by atoms with E-state index in [-0.39, 0.29) is 11.8 Å². The summed E-state index contributed by atoms with van der Waals surface area (Å²) >= 11 is 0. The van der Waals surface area contributed by atoms with Crippen LogP contribution in [0.4, 0.5) is 11.4 Å². The second-order valence-corrected chi connectivity index (χ2v) is 7.60. The molecule has 2 amide bonds. The Hall–Kier alpha value is -3.54. The van der Waals surface area contributed by atoms with Crippen molar-refractivity contribution in [2.45, 2.75) is 32.6 Å². The maximum absolute atomic E-state index is 12.6. The standard InChI is InChI=1S/C25H26N2O4/c1-2-3-4-14-31-22-8-5-18(6-9-22)24(28)26-21-7-10-23-19(16-21)11-13-27(23)25(29)20-12-15-30-17-20/h5-10,12,15-17H,2-4,11,13-14H2,1H3,(H,26,28). The number of unbranched alkanes of at least 4 members (excludes halogenated alkanes) is 2. The Kier molecular flexibility index (Phi) is 6.36. The van der Waals surface area contributed by atoms with Crippen molar-refractivity contribution in [3.05, 3.63) is 77.7 Å². The molecule has 1 aliphatic rings. The summed E-state index contributed by atoms with van der Waals surface area (Å²) in [6.45, 7) is 3.45. The van der Waals surface area contributed by atoms with Crippen LogP contribution in [0.25, 0.3) is 0 Å². The van der Waals surface area contributed by atoms with Gasteiger partial charge < -0.3 is 19.4 Å². The number of furan rings is 1. The lowest BCUT2D eigenvalue weighted by Crippen LogP contribution is -2.28. The summed E-state index contributed by atoms with van der Waals surface area (Å²) in [5, 5.41) is 2.94. The first-order chi connectivity index (χ1) is 15.2. The van der Waals surface area contributed by atoms with Crippen molar-refractivity contribution in [1.29, 1.82) is 0 Å². The van der Waals surface area contributed by atoms with Crippen LogP contribution in [0.1, 0.15) is 52.5 Å². The summed E-state index contributed by atoms with van der Waals surface area (Å²) in [5.74, 6) is 0.510. The zero-order chi connectivity index (χ0) is 21.6. The van der Waals surface area contributed by atoms with Crippen molar-refractivity contribution in [3.63, 3.8) is 0 Å². The minimum atomic E-state index is -0.179. The van der Waals surface area contributed by atoms with Gasteiger partial charge in [0.15, 0.2) is 0 Å². The van der Waals surface area contributed by atoms with E-state index in [1.54, 1.807) is 23.1 Å². The molecule has 0 saturated carbocycles. The Morgan fingerprint density at radius 1 is 1.06 bits per heavy atom. The fraction of sp³-hybridized carbons (Fsp3) is 0.280. The molecule has 1 aliphatic heterocycles. The zero-order valence-corrected chi connectivity index (χ0v) is 17.6. The Bertz CT molecular complexity index is 1040. The summed E-state index contributed by atoms with van der Waals surface area (Å²) in [4.78, 5) is 27.0. The first kappa shape index (κ1) is 20.7. The first-order valence-corrected chi connectivity index (χ1v) is 10.7. The molecule has 2 aromatic carbocycles. The van der Waals surface area contributed by atoms with Gasteiger partial charge in [-0.15, -0.1) is 0 Å². The lowest BCUT2D eigenvalue weighted by atomic mass is 10.1. The van der Waals surface area contributed by atoms with Crippen LogP contribution in [0.2, 0.25) is 0 Å². The smallest absolute Gasteiger partial charge is 0.261 e. The molecule has 0 fully saturated rings. The van der Waals surface area contributed by atoms with Crippen LogP contribution in [0.5, 0.6) is 5.75 Å². The maximum Gasteiger partial charge on any atom is 0.261 e. The number of amides is 2. The van der Waals surface area contributed by atoms with Crippen LogP contribution in [0.15, 0.2) is 65.5 Å². The van der Waals surface area contributed by atoms with Gasteiger partial charge in [0, 0.05) is 23.5 Å². The third-order valence-corrected chi connectivity index (χ3v) is 5.38. The minimum absolute atomic E-state index is 0.0821. The molecule has 3 aromatic rings. The van der Waals surface area contributed by atoms with Crippen molar-refractivity contribution in [1.82, 2.24) is 0 Å². The predicted molar refractivity (Wildman–Crippen MR) is 120 cm³/mol. The SMILES string of the molecule is CCCCCOc1ccc(C(=O)Nc2ccc3c(c2)CCN3C(=O)c2ccoc2)cc1. The highest BCUT2D eigenvalue weighted by Gasteiger charge is 2.26. The number of nitrogens with one attached hydrogen (secondary N) is 1. The number of hydrogen-bond acceptors (Lipinski definition) is 4. The van der Waals surface area contributed by atoms with Gasteiger partial charge in [0.25, 0.3) is 11.8 Å². The van der Waals surface area contributed by atoms with E-state index in [0.717, 1.165) is 42.7 Å². The van der Waals surface area contributed by atoms with E-state index in [1.165, 1.54) is 12.5 Å². The molecular formula is C25H26N2O4. The van der Waals surface area contributed by atoms with Gasteiger partial charge in [-0.05, 0) is 66.9 Å². The summed E-state index contributed by atoms with van der Waals surface area (Å²) in [5.41, 5.74) is 3.71. The quantitative estimate of drug-likeness (QED) is 0.504. The zero-order valence-electron chi connectivity index (χ0n) is 17.6. The molecule has 0 atom stereocenters. The van der Waals surface area contributed by atoms with Gasteiger partial charge in [0.05, 0.1) is 18.4 Å². The number of carbonyl (C=O) groups is 2. The Morgan fingerprint density at radius 3 is 2.65 bits per heavy atom. The van der Waals surface area contributed by atoms with Crippen molar-refractivity contribution in [2.24, 2.45) is 0 Å². The monoisotopic (exact) mass is 418 g/mol. The van der Waals surface area contributed by atoms with Crippen molar-refractivity contribution in [3.8, 4) is 5.75 Å². The molecule has 6 nitrogen and oxygen atoms in total. The van der Waals surface area contributed by atoms with Crippen LogP contribution in [-0.2, 0) is 6.42 Å².